The highest BCUT2D eigenvalue weighted by molar-refractivity contribution is 5.87. The van der Waals surface area contributed by atoms with Crippen LogP contribution in [0.15, 0.2) is 12.7 Å². The summed E-state index contributed by atoms with van der Waals surface area (Å²) in [5.41, 5.74) is 5.52. The smallest absolute Gasteiger partial charge is 0.243 e. The summed E-state index contributed by atoms with van der Waals surface area (Å²) in [6.07, 6.45) is 1.26. The molecule has 76 valence electrons. The number of nitrogens with two attached hydrogens (primary N) is 1. The van der Waals surface area contributed by atoms with E-state index in [0.29, 0.717) is 6.54 Å². The Bertz CT molecular complexity index is 184. The fourth-order valence-electron chi connectivity index (χ4n) is 1.10. The maximum atomic E-state index is 11.0. The molecule has 13 heavy (non-hydrogen) atoms. The second kappa shape index (κ2) is 4.99. The highest BCUT2D eigenvalue weighted by Gasteiger charge is 2.17. The van der Waals surface area contributed by atoms with Crippen LogP contribution in [0.1, 0.15) is 0 Å². The Morgan fingerprint density at radius 3 is 2.46 bits per heavy atom. The SMILES string of the molecule is C=CC(=O)NC(CN)C[N+](C)(C)C. The molecule has 0 saturated carbocycles. The number of nitrogens with one attached hydrogen (secondary N) is 1. The number of quaternary nitrogens is 1. The summed E-state index contributed by atoms with van der Waals surface area (Å²) in [5.74, 6) is -0.163. The number of rotatable bonds is 5. The van der Waals surface area contributed by atoms with Gasteiger partial charge in [0.25, 0.3) is 0 Å². The molecule has 0 rings (SSSR count). The Balaban J connectivity index is 4.04. The lowest BCUT2D eigenvalue weighted by Crippen LogP contribution is -2.51. The zero-order chi connectivity index (χ0) is 10.5. The molecule has 1 atom stereocenters. The van der Waals surface area contributed by atoms with Crippen LogP contribution >= 0.6 is 0 Å². The van der Waals surface area contributed by atoms with Crippen molar-refractivity contribution in [3.63, 3.8) is 0 Å². The molecule has 0 saturated heterocycles. The third-order valence-corrected chi connectivity index (χ3v) is 1.58. The highest BCUT2D eigenvalue weighted by Crippen LogP contribution is 1.93. The number of likely N-dealkylation sites (N-methyl/N-ethyl adjacent to an activating group) is 1. The van der Waals surface area contributed by atoms with E-state index in [1.54, 1.807) is 0 Å². The van der Waals surface area contributed by atoms with Crippen molar-refractivity contribution in [2.75, 3.05) is 34.2 Å². The summed E-state index contributed by atoms with van der Waals surface area (Å²) < 4.78 is 0.777. The van der Waals surface area contributed by atoms with E-state index in [4.69, 9.17) is 5.73 Å². The standard InChI is InChI=1S/C9H19N3O/c1-5-9(13)11-8(6-10)7-12(2,3)4/h5,8H,1,6-7,10H2,2-4H3/p+1. The molecule has 4 heteroatoms. The normalized spacial score (nSPS) is 13.5. The molecule has 0 heterocycles. The molecule has 0 aliphatic carbocycles. The lowest BCUT2D eigenvalue weighted by atomic mass is 10.2. The molecule has 1 unspecified atom stereocenters. The minimum absolute atomic E-state index is 0.0190. The topological polar surface area (TPSA) is 55.1 Å². The van der Waals surface area contributed by atoms with Gasteiger partial charge in [-0.15, -0.1) is 0 Å². The first kappa shape index (κ1) is 12.1. The Kier molecular flexibility index (Phi) is 4.66. The summed E-state index contributed by atoms with van der Waals surface area (Å²) in [6, 6.07) is 0.0190. The van der Waals surface area contributed by atoms with Crippen molar-refractivity contribution in [1.82, 2.24) is 5.32 Å². The molecular weight excluding hydrogens is 166 g/mol. The Labute approximate surface area is 80.0 Å². The van der Waals surface area contributed by atoms with E-state index in [9.17, 15) is 4.79 Å². The lowest BCUT2D eigenvalue weighted by Gasteiger charge is -2.28. The molecular formula is C9H20N3O+. The van der Waals surface area contributed by atoms with Crippen LogP contribution in [0.3, 0.4) is 0 Å². The van der Waals surface area contributed by atoms with Gasteiger partial charge in [0.15, 0.2) is 0 Å². The predicted molar refractivity (Wildman–Crippen MR) is 54.1 cm³/mol. The first-order valence-electron chi connectivity index (χ1n) is 4.32. The Hall–Kier alpha value is -0.870. The molecule has 1 amide bonds. The van der Waals surface area contributed by atoms with E-state index in [1.165, 1.54) is 6.08 Å². The molecule has 0 aromatic carbocycles. The van der Waals surface area contributed by atoms with Gasteiger partial charge in [0.1, 0.15) is 0 Å². The number of hydrogen-bond donors (Lipinski definition) is 2. The van der Waals surface area contributed by atoms with Crippen LogP contribution in [0, 0.1) is 0 Å². The average Bonchev–Trinajstić information content (AvgIpc) is 2.00. The molecule has 0 bridgehead atoms. The Morgan fingerprint density at radius 2 is 2.15 bits per heavy atom. The van der Waals surface area contributed by atoms with Crippen LogP contribution in [-0.2, 0) is 4.79 Å². The van der Waals surface area contributed by atoms with Gasteiger partial charge in [0.2, 0.25) is 5.91 Å². The molecule has 0 radical (unpaired) electrons. The average molecular weight is 186 g/mol. The van der Waals surface area contributed by atoms with E-state index in [-0.39, 0.29) is 11.9 Å². The monoisotopic (exact) mass is 186 g/mol. The van der Waals surface area contributed by atoms with E-state index in [1.807, 2.05) is 0 Å². The first-order valence-corrected chi connectivity index (χ1v) is 4.32. The van der Waals surface area contributed by atoms with Gasteiger partial charge in [-0.1, -0.05) is 6.58 Å². The van der Waals surface area contributed by atoms with Gasteiger partial charge in [0.05, 0.1) is 33.7 Å². The minimum Gasteiger partial charge on any atom is -0.343 e. The van der Waals surface area contributed by atoms with Crippen LogP contribution in [0.2, 0.25) is 0 Å². The van der Waals surface area contributed by atoms with Gasteiger partial charge < -0.3 is 15.5 Å². The van der Waals surface area contributed by atoms with E-state index in [0.717, 1.165) is 11.0 Å². The molecule has 3 N–H and O–H groups in total. The zero-order valence-corrected chi connectivity index (χ0v) is 8.71. The Morgan fingerprint density at radius 1 is 1.62 bits per heavy atom. The summed E-state index contributed by atoms with van der Waals surface area (Å²) in [5, 5.41) is 2.78. The van der Waals surface area contributed by atoms with Crippen LogP contribution in [-0.4, -0.2) is 50.7 Å². The molecule has 0 aliphatic heterocycles. The quantitative estimate of drug-likeness (QED) is 0.441. The maximum absolute atomic E-state index is 11.0. The maximum Gasteiger partial charge on any atom is 0.243 e. The molecule has 0 spiro atoms. The predicted octanol–water partition coefficient (Wildman–Crippen LogP) is -0.678. The van der Waals surface area contributed by atoms with Crippen LogP contribution in [0.5, 0.6) is 0 Å². The molecule has 4 nitrogen and oxygen atoms in total. The zero-order valence-electron chi connectivity index (χ0n) is 8.71. The van der Waals surface area contributed by atoms with Crippen molar-refractivity contribution in [2.24, 2.45) is 5.73 Å². The van der Waals surface area contributed by atoms with Gasteiger partial charge in [-0.3, -0.25) is 4.79 Å². The fourth-order valence-corrected chi connectivity index (χ4v) is 1.10. The third kappa shape index (κ3) is 6.31. The fraction of sp³-hybridized carbons (Fsp3) is 0.667. The van der Waals surface area contributed by atoms with Crippen molar-refractivity contribution in [3.05, 3.63) is 12.7 Å². The lowest BCUT2D eigenvalue weighted by molar-refractivity contribution is -0.871. The van der Waals surface area contributed by atoms with Gasteiger partial charge >= 0.3 is 0 Å². The van der Waals surface area contributed by atoms with Crippen molar-refractivity contribution in [3.8, 4) is 0 Å². The number of hydrogen-bond acceptors (Lipinski definition) is 2. The van der Waals surface area contributed by atoms with Gasteiger partial charge in [-0.2, -0.15) is 0 Å². The van der Waals surface area contributed by atoms with Crippen molar-refractivity contribution < 1.29 is 9.28 Å². The summed E-state index contributed by atoms with van der Waals surface area (Å²) in [7, 11) is 6.17. The minimum atomic E-state index is -0.163. The van der Waals surface area contributed by atoms with Crippen molar-refractivity contribution in [2.45, 2.75) is 6.04 Å². The summed E-state index contributed by atoms with van der Waals surface area (Å²) in [4.78, 5) is 11.0. The highest BCUT2D eigenvalue weighted by atomic mass is 16.1. The second-order valence-electron chi connectivity index (χ2n) is 4.12. The number of carbonyl (C=O) groups is 1. The number of carbonyl (C=O) groups excluding carboxylic acids is 1. The largest absolute Gasteiger partial charge is 0.343 e. The number of nitrogens with zero attached hydrogens (tertiary/aromatic N) is 1. The van der Waals surface area contributed by atoms with E-state index >= 15 is 0 Å². The van der Waals surface area contributed by atoms with Gasteiger partial charge in [0, 0.05) is 6.54 Å². The molecule has 0 aliphatic rings. The summed E-state index contributed by atoms with van der Waals surface area (Å²) in [6.45, 7) is 4.66. The first-order chi connectivity index (χ1) is 5.89. The third-order valence-electron chi connectivity index (χ3n) is 1.58. The van der Waals surface area contributed by atoms with Crippen molar-refractivity contribution >= 4 is 5.91 Å². The van der Waals surface area contributed by atoms with Crippen LogP contribution < -0.4 is 11.1 Å². The van der Waals surface area contributed by atoms with Gasteiger partial charge in [-0.25, -0.2) is 0 Å². The van der Waals surface area contributed by atoms with Gasteiger partial charge in [-0.05, 0) is 6.08 Å². The molecule has 0 aromatic rings. The second-order valence-corrected chi connectivity index (χ2v) is 4.12. The summed E-state index contributed by atoms with van der Waals surface area (Å²) >= 11 is 0. The number of amides is 1. The van der Waals surface area contributed by atoms with Crippen LogP contribution in [0.4, 0.5) is 0 Å². The van der Waals surface area contributed by atoms with Crippen molar-refractivity contribution in [1.29, 1.82) is 0 Å². The van der Waals surface area contributed by atoms with E-state index < -0.39 is 0 Å². The van der Waals surface area contributed by atoms with Crippen LogP contribution in [0.25, 0.3) is 0 Å². The van der Waals surface area contributed by atoms with E-state index in [2.05, 4.69) is 33.0 Å². The molecule has 0 fully saturated rings. The molecule has 0 aromatic heterocycles.